The van der Waals surface area contributed by atoms with Crippen molar-refractivity contribution < 1.29 is 14.1 Å². The molecule has 1 aliphatic rings. The monoisotopic (exact) mass is 277 g/mol. The Balaban J connectivity index is 2.28. The third-order valence-corrected chi connectivity index (χ3v) is 3.10. The number of rotatable bonds is 5. The van der Waals surface area contributed by atoms with Gasteiger partial charge in [0.05, 0.1) is 23.0 Å². The molecule has 0 saturated heterocycles. The predicted molar refractivity (Wildman–Crippen MR) is 67.3 cm³/mol. The number of benzene rings is 1. The molecule has 1 aromatic carbocycles. The first-order chi connectivity index (χ1) is 9.54. The largest absolute Gasteiger partial charge is 0.335 e. The fraction of sp³-hybridized carbons (Fsp3) is 0.385. The second kappa shape index (κ2) is 5.65. The SMILES string of the molecule is N#CCCN(C(=O)c1cc([N+](=O)[O-])ccc1F)C1CC1. The van der Waals surface area contributed by atoms with Crippen molar-refractivity contribution in [3.63, 3.8) is 0 Å². The molecule has 1 aliphatic carbocycles. The predicted octanol–water partition coefficient (Wildman–Crippen LogP) is 2.25. The Labute approximate surface area is 114 Å². The smallest absolute Gasteiger partial charge is 0.270 e. The fourth-order valence-corrected chi connectivity index (χ4v) is 1.95. The summed E-state index contributed by atoms with van der Waals surface area (Å²) in [6.07, 6.45) is 1.78. The fourth-order valence-electron chi connectivity index (χ4n) is 1.95. The van der Waals surface area contributed by atoms with Gasteiger partial charge in [0.15, 0.2) is 0 Å². The van der Waals surface area contributed by atoms with E-state index in [9.17, 15) is 19.3 Å². The number of nitro benzene ring substituents is 1. The molecule has 2 rings (SSSR count). The molecular weight excluding hydrogens is 265 g/mol. The summed E-state index contributed by atoms with van der Waals surface area (Å²) in [5.74, 6) is -1.38. The van der Waals surface area contributed by atoms with Crippen LogP contribution in [0.25, 0.3) is 0 Å². The van der Waals surface area contributed by atoms with Crippen molar-refractivity contribution in [1.82, 2.24) is 4.90 Å². The number of nitro groups is 1. The number of non-ortho nitro benzene ring substituents is 1. The van der Waals surface area contributed by atoms with E-state index in [1.807, 2.05) is 6.07 Å². The van der Waals surface area contributed by atoms with Gasteiger partial charge in [0.1, 0.15) is 5.82 Å². The summed E-state index contributed by atoms with van der Waals surface area (Å²) in [5.41, 5.74) is -0.644. The van der Waals surface area contributed by atoms with E-state index < -0.39 is 16.6 Å². The maximum Gasteiger partial charge on any atom is 0.270 e. The van der Waals surface area contributed by atoms with Crippen LogP contribution < -0.4 is 0 Å². The topological polar surface area (TPSA) is 87.2 Å². The summed E-state index contributed by atoms with van der Waals surface area (Å²) >= 11 is 0. The summed E-state index contributed by atoms with van der Waals surface area (Å²) in [6, 6.07) is 4.82. The zero-order valence-electron chi connectivity index (χ0n) is 10.6. The summed E-state index contributed by atoms with van der Waals surface area (Å²) in [6.45, 7) is 0.210. The van der Waals surface area contributed by atoms with E-state index in [2.05, 4.69) is 0 Å². The number of hydrogen-bond acceptors (Lipinski definition) is 4. The molecule has 0 radical (unpaired) electrons. The summed E-state index contributed by atoms with van der Waals surface area (Å²) in [4.78, 5) is 23.7. The lowest BCUT2D eigenvalue weighted by Gasteiger charge is -2.21. The van der Waals surface area contributed by atoms with Crippen LogP contribution in [0, 0.1) is 27.3 Å². The molecule has 7 heteroatoms. The van der Waals surface area contributed by atoms with Gasteiger partial charge in [0, 0.05) is 24.7 Å². The Bertz CT molecular complexity index is 593. The molecule has 0 bridgehead atoms. The first-order valence-electron chi connectivity index (χ1n) is 6.16. The Morgan fingerprint density at radius 3 is 2.80 bits per heavy atom. The molecule has 1 amide bonds. The average molecular weight is 277 g/mol. The molecule has 0 spiro atoms. The van der Waals surface area contributed by atoms with Gasteiger partial charge in [-0.3, -0.25) is 14.9 Å². The Hall–Kier alpha value is -2.49. The first-order valence-corrected chi connectivity index (χ1v) is 6.16. The van der Waals surface area contributed by atoms with Crippen molar-refractivity contribution in [3.8, 4) is 6.07 Å². The highest BCUT2D eigenvalue weighted by Crippen LogP contribution is 2.29. The van der Waals surface area contributed by atoms with E-state index >= 15 is 0 Å². The second-order valence-corrected chi connectivity index (χ2v) is 4.56. The molecule has 20 heavy (non-hydrogen) atoms. The number of nitriles is 1. The number of amides is 1. The third-order valence-electron chi connectivity index (χ3n) is 3.10. The minimum atomic E-state index is -0.789. The van der Waals surface area contributed by atoms with Crippen molar-refractivity contribution in [2.24, 2.45) is 0 Å². The first kappa shape index (κ1) is 13.9. The molecule has 1 fully saturated rings. The van der Waals surface area contributed by atoms with Crippen LogP contribution in [0.3, 0.4) is 0 Å². The van der Waals surface area contributed by atoms with Crippen LogP contribution in [0.5, 0.6) is 0 Å². The van der Waals surface area contributed by atoms with Gasteiger partial charge in [-0.2, -0.15) is 5.26 Å². The summed E-state index contributed by atoms with van der Waals surface area (Å²) in [5, 5.41) is 19.3. The summed E-state index contributed by atoms with van der Waals surface area (Å²) < 4.78 is 13.7. The Kier molecular flexibility index (Phi) is 3.94. The average Bonchev–Trinajstić information content (AvgIpc) is 3.23. The molecule has 0 aliphatic heterocycles. The molecule has 0 N–H and O–H groups in total. The van der Waals surface area contributed by atoms with E-state index in [0.29, 0.717) is 0 Å². The lowest BCUT2D eigenvalue weighted by atomic mass is 10.1. The number of hydrogen-bond donors (Lipinski definition) is 0. The minimum absolute atomic E-state index is 0.00881. The van der Waals surface area contributed by atoms with Crippen molar-refractivity contribution in [3.05, 3.63) is 39.7 Å². The van der Waals surface area contributed by atoms with Crippen LogP contribution in [-0.4, -0.2) is 28.3 Å². The van der Waals surface area contributed by atoms with Gasteiger partial charge in [-0.1, -0.05) is 0 Å². The van der Waals surface area contributed by atoms with Crippen molar-refractivity contribution in [1.29, 1.82) is 5.26 Å². The molecule has 104 valence electrons. The van der Waals surface area contributed by atoms with Crippen molar-refractivity contribution in [2.45, 2.75) is 25.3 Å². The van der Waals surface area contributed by atoms with Crippen LogP contribution in [0.15, 0.2) is 18.2 Å². The number of nitrogens with zero attached hydrogens (tertiary/aromatic N) is 3. The molecule has 0 heterocycles. The van der Waals surface area contributed by atoms with E-state index in [-0.39, 0.29) is 30.3 Å². The highest BCUT2D eigenvalue weighted by atomic mass is 19.1. The van der Waals surface area contributed by atoms with E-state index in [1.165, 1.54) is 4.90 Å². The van der Waals surface area contributed by atoms with Gasteiger partial charge in [0.2, 0.25) is 0 Å². The molecular formula is C13H12FN3O3. The number of carbonyl (C=O) groups is 1. The Morgan fingerprint density at radius 2 is 2.25 bits per heavy atom. The maximum atomic E-state index is 13.7. The highest BCUT2D eigenvalue weighted by Gasteiger charge is 2.34. The van der Waals surface area contributed by atoms with Crippen LogP contribution in [0.2, 0.25) is 0 Å². The van der Waals surface area contributed by atoms with Gasteiger partial charge in [-0.05, 0) is 18.9 Å². The van der Waals surface area contributed by atoms with Crippen molar-refractivity contribution >= 4 is 11.6 Å². The molecule has 0 unspecified atom stereocenters. The minimum Gasteiger partial charge on any atom is -0.335 e. The molecule has 6 nitrogen and oxygen atoms in total. The zero-order chi connectivity index (χ0) is 14.7. The number of halogens is 1. The lowest BCUT2D eigenvalue weighted by Crippen LogP contribution is -2.34. The third kappa shape index (κ3) is 2.91. The van der Waals surface area contributed by atoms with Crippen molar-refractivity contribution in [2.75, 3.05) is 6.54 Å². The van der Waals surface area contributed by atoms with Crippen LogP contribution >= 0.6 is 0 Å². The van der Waals surface area contributed by atoms with Crippen LogP contribution in [-0.2, 0) is 0 Å². The maximum absolute atomic E-state index is 13.7. The second-order valence-electron chi connectivity index (χ2n) is 4.56. The molecule has 0 atom stereocenters. The standard InChI is InChI=1S/C13H12FN3O3/c14-12-5-4-10(17(19)20)8-11(12)13(18)16(7-1-6-15)9-2-3-9/h4-5,8-9H,1-3,7H2. The molecule has 1 saturated carbocycles. The van der Waals surface area contributed by atoms with Crippen LogP contribution in [0.4, 0.5) is 10.1 Å². The van der Waals surface area contributed by atoms with Crippen LogP contribution in [0.1, 0.15) is 29.6 Å². The van der Waals surface area contributed by atoms with E-state index in [1.54, 1.807) is 0 Å². The summed E-state index contributed by atoms with van der Waals surface area (Å²) in [7, 11) is 0. The molecule has 1 aromatic rings. The zero-order valence-corrected chi connectivity index (χ0v) is 10.6. The van der Waals surface area contributed by atoms with E-state index in [0.717, 1.165) is 31.0 Å². The normalized spacial score (nSPS) is 13.6. The van der Waals surface area contributed by atoms with Gasteiger partial charge in [-0.25, -0.2) is 4.39 Å². The van der Waals surface area contributed by atoms with Gasteiger partial charge in [0.25, 0.3) is 11.6 Å². The highest BCUT2D eigenvalue weighted by molar-refractivity contribution is 5.95. The van der Waals surface area contributed by atoms with E-state index in [4.69, 9.17) is 5.26 Å². The van der Waals surface area contributed by atoms with Gasteiger partial charge in [-0.15, -0.1) is 0 Å². The Morgan fingerprint density at radius 1 is 1.55 bits per heavy atom. The molecule has 0 aromatic heterocycles. The van der Waals surface area contributed by atoms with Gasteiger partial charge >= 0.3 is 0 Å². The lowest BCUT2D eigenvalue weighted by molar-refractivity contribution is -0.384. The van der Waals surface area contributed by atoms with Gasteiger partial charge < -0.3 is 4.90 Å². The quantitative estimate of drug-likeness (QED) is 0.610. The number of carbonyl (C=O) groups excluding carboxylic acids is 1.